The van der Waals surface area contributed by atoms with Crippen LogP contribution in [0, 0.1) is 6.92 Å². The maximum Gasteiger partial charge on any atom is 0.291 e. The number of hydrogen-bond donors (Lipinski definition) is 1. The van der Waals surface area contributed by atoms with E-state index in [1.54, 1.807) is 24.4 Å². The van der Waals surface area contributed by atoms with Crippen molar-refractivity contribution in [2.75, 3.05) is 5.32 Å². The first-order valence-electron chi connectivity index (χ1n) is 7.81. The average molecular weight is 330 g/mol. The van der Waals surface area contributed by atoms with Crippen LogP contribution in [0.15, 0.2) is 70.0 Å². The molecule has 0 aliphatic heterocycles. The molecule has 1 N–H and O–H groups in total. The zero-order chi connectivity index (χ0) is 17.4. The monoisotopic (exact) mass is 330 g/mol. The van der Waals surface area contributed by atoms with E-state index in [0.717, 1.165) is 10.9 Å². The number of fused-ring (bicyclic) bond motifs is 2. The number of aryl methyl sites for hydroxylation is 1. The van der Waals surface area contributed by atoms with Gasteiger partial charge in [-0.05, 0) is 31.2 Å². The van der Waals surface area contributed by atoms with E-state index in [1.807, 2.05) is 37.3 Å². The Hall–Kier alpha value is -3.47. The highest BCUT2D eigenvalue weighted by Crippen LogP contribution is 2.22. The maximum absolute atomic E-state index is 12.5. The van der Waals surface area contributed by atoms with Crippen LogP contribution >= 0.6 is 0 Å². The molecular weight excluding hydrogens is 316 g/mol. The molecule has 0 spiro atoms. The standard InChI is InChI=1S/C20H14N2O3/c1-12-7-8-17-14(10-12)16(23)11-18(25-17)20(24)22-15-6-2-4-13-5-3-9-21-19(13)15/h2-11H,1H3,(H,22,24). The third-order valence-electron chi connectivity index (χ3n) is 3.99. The van der Waals surface area contributed by atoms with Crippen LogP contribution in [0.3, 0.4) is 0 Å². The number of nitrogens with one attached hydrogen (secondary N) is 1. The molecule has 4 aromatic rings. The van der Waals surface area contributed by atoms with Gasteiger partial charge in [0.2, 0.25) is 0 Å². The highest BCUT2D eigenvalue weighted by molar-refractivity contribution is 6.07. The van der Waals surface area contributed by atoms with Crippen molar-refractivity contribution in [1.29, 1.82) is 0 Å². The summed E-state index contributed by atoms with van der Waals surface area (Å²) in [6.45, 7) is 1.90. The van der Waals surface area contributed by atoms with Crippen LogP contribution in [-0.2, 0) is 0 Å². The second kappa shape index (κ2) is 5.87. The lowest BCUT2D eigenvalue weighted by Crippen LogP contribution is -2.15. The Kier molecular flexibility index (Phi) is 3.54. The fourth-order valence-corrected chi connectivity index (χ4v) is 2.77. The van der Waals surface area contributed by atoms with E-state index in [4.69, 9.17) is 4.42 Å². The molecule has 5 nitrogen and oxygen atoms in total. The van der Waals surface area contributed by atoms with E-state index in [9.17, 15) is 9.59 Å². The van der Waals surface area contributed by atoms with Gasteiger partial charge in [0.1, 0.15) is 5.58 Å². The minimum absolute atomic E-state index is 0.0331. The molecule has 0 saturated heterocycles. The number of benzene rings is 2. The largest absolute Gasteiger partial charge is 0.451 e. The second-order valence-corrected chi connectivity index (χ2v) is 5.81. The summed E-state index contributed by atoms with van der Waals surface area (Å²) < 4.78 is 5.61. The zero-order valence-electron chi connectivity index (χ0n) is 13.4. The van der Waals surface area contributed by atoms with Gasteiger partial charge in [-0.2, -0.15) is 0 Å². The lowest BCUT2D eigenvalue weighted by molar-refractivity contribution is 0.0997. The molecule has 0 saturated carbocycles. The molecule has 0 aliphatic carbocycles. The number of amides is 1. The van der Waals surface area contributed by atoms with Gasteiger partial charge in [0.05, 0.1) is 16.6 Å². The molecule has 2 aromatic carbocycles. The Bertz CT molecular complexity index is 1170. The Morgan fingerprint density at radius 3 is 2.80 bits per heavy atom. The number of carbonyl (C=O) groups is 1. The fraction of sp³-hybridized carbons (Fsp3) is 0.0500. The van der Waals surface area contributed by atoms with Crippen molar-refractivity contribution in [1.82, 2.24) is 4.98 Å². The molecule has 122 valence electrons. The summed E-state index contributed by atoms with van der Waals surface area (Å²) in [5.41, 5.74) is 2.34. The van der Waals surface area contributed by atoms with E-state index in [2.05, 4.69) is 10.3 Å². The third kappa shape index (κ3) is 2.76. The molecule has 0 atom stereocenters. The molecule has 2 aromatic heterocycles. The van der Waals surface area contributed by atoms with Crippen LogP contribution in [0.1, 0.15) is 16.1 Å². The summed E-state index contributed by atoms with van der Waals surface area (Å²) >= 11 is 0. The number of hydrogen-bond acceptors (Lipinski definition) is 4. The quantitative estimate of drug-likeness (QED) is 0.605. The zero-order valence-corrected chi connectivity index (χ0v) is 13.4. The highest BCUT2D eigenvalue weighted by Gasteiger charge is 2.14. The van der Waals surface area contributed by atoms with Crippen LogP contribution in [0.2, 0.25) is 0 Å². The van der Waals surface area contributed by atoms with Gasteiger partial charge in [-0.1, -0.05) is 29.8 Å². The van der Waals surface area contributed by atoms with Gasteiger partial charge >= 0.3 is 0 Å². The molecule has 0 fully saturated rings. The lowest BCUT2D eigenvalue weighted by atomic mass is 10.1. The van der Waals surface area contributed by atoms with E-state index >= 15 is 0 Å². The Morgan fingerprint density at radius 1 is 1.08 bits per heavy atom. The van der Waals surface area contributed by atoms with Crippen molar-refractivity contribution >= 4 is 33.5 Å². The number of pyridine rings is 1. The normalized spacial score (nSPS) is 10.9. The number of aromatic nitrogens is 1. The van der Waals surface area contributed by atoms with Crippen LogP contribution in [0.4, 0.5) is 5.69 Å². The van der Waals surface area contributed by atoms with Gasteiger partial charge in [0.15, 0.2) is 11.2 Å². The Labute approximate surface area is 142 Å². The smallest absolute Gasteiger partial charge is 0.291 e. The Balaban J connectivity index is 1.75. The SMILES string of the molecule is Cc1ccc2oc(C(=O)Nc3cccc4cccnc34)cc(=O)c2c1. The number of anilines is 1. The first-order chi connectivity index (χ1) is 12.1. The first-order valence-corrected chi connectivity index (χ1v) is 7.81. The van der Waals surface area contributed by atoms with Gasteiger partial charge in [0, 0.05) is 17.6 Å². The molecule has 5 heteroatoms. The number of carbonyl (C=O) groups excluding carboxylic acids is 1. The predicted molar refractivity (Wildman–Crippen MR) is 96.9 cm³/mol. The van der Waals surface area contributed by atoms with Crippen molar-refractivity contribution < 1.29 is 9.21 Å². The van der Waals surface area contributed by atoms with Crippen LogP contribution in [-0.4, -0.2) is 10.9 Å². The summed E-state index contributed by atoms with van der Waals surface area (Å²) in [5.74, 6) is -0.521. The number of nitrogens with zero attached hydrogens (tertiary/aromatic N) is 1. The minimum atomic E-state index is -0.488. The summed E-state index contributed by atoms with van der Waals surface area (Å²) in [4.78, 5) is 29.1. The van der Waals surface area contributed by atoms with Crippen molar-refractivity contribution in [2.45, 2.75) is 6.92 Å². The minimum Gasteiger partial charge on any atom is -0.451 e. The summed E-state index contributed by atoms with van der Waals surface area (Å²) in [6, 6.07) is 15.7. The first kappa shape index (κ1) is 15.1. The average Bonchev–Trinajstić information content (AvgIpc) is 2.62. The van der Waals surface area contributed by atoms with Crippen molar-refractivity contribution in [3.63, 3.8) is 0 Å². The summed E-state index contributed by atoms with van der Waals surface area (Å²) in [5, 5.41) is 4.14. The van der Waals surface area contributed by atoms with E-state index in [1.165, 1.54) is 6.07 Å². The molecule has 25 heavy (non-hydrogen) atoms. The van der Waals surface area contributed by atoms with Crippen LogP contribution < -0.4 is 10.7 Å². The van der Waals surface area contributed by atoms with Gasteiger partial charge in [-0.3, -0.25) is 14.6 Å². The lowest BCUT2D eigenvalue weighted by Gasteiger charge is -2.08. The highest BCUT2D eigenvalue weighted by atomic mass is 16.3. The van der Waals surface area contributed by atoms with E-state index in [-0.39, 0.29) is 11.2 Å². The van der Waals surface area contributed by atoms with Crippen molar-refractivity contribution in [3.05, 3.63) is 82.3 Å². The molecule has 1 amide bonds. The van der Waals surface area contributed by atoms with Crippen molar-refractivity contribution in [3.8, 4) is 0 Å². The molecule has 0 radical (unpaired) electrons. The molecule has 0 aliphatic rings. The topological polar surface area (TPSA) is 72.2 Å². The van der Waals surface area contributed by atoms with Crippen LogP contribution in [0.5, 0.6) is 0 Å². The van der Waals surface area contributed by atoms with Gasteiger partial charge in [-0.15, -0.1) is 0 Å². The maximum atomic E-state index is 12.5. The second-order valence-electron chi connectivity index (χ2n) is 5.81. The summed E-state index contributed by atoms with van der Waals surface area (Å²) in [6.07, 6.45) is 1.66. The van der Waals surface area contributed by atoms with Gasteiger partial charge in [-0.25, -0.2) is 0 Å². The third-order valence-corrected chi connectivity index (χ3v) is 3.99. The molecular formula is C20H14N2O3. The fourth-order valence-electron chi connectivity index (χ4n) is 2.77. The Morgan fingerprint density at radius 2 is 1.92 bits per heavy atom. The molecule has 0 bridgehead atoms. The predicted octanol–water partition coefficient (Wildman–Crippen LogP) is 3.90. The molecule has 4 rings (SSSR count). The van der Waals surface area contributed by atoms with E-state index < -0.39 is 5.91 Å². The van der Waals surface area contributed by atoms with Gasteiger partial charge < -0.3 is 9.73 Å². The van der Waals surface area contributed by atoms with Gasteiger partial charge in [0.25, 0.3) is 5.91 Å². The summed E-state index contributed by atoms with van der Waals surface area (Å²) in [7, 11) is 0. The molecule has 2 heterocycles. The van der Waals surface area contributed by atoms with Crippen LogP contribution in [0.25, 0.3) is 21.9 Å². The number of para-hydroxylation sites is 1. The molecule has 0 unspecified atom stereocenters. The van der Waals surface area contributed by atoms with Crippen molar-refractivity contribution in [2.24, 2.45) is 0 Å². The van der Waals surface area contributed by atoms with E-state index in [0.29, 0.717) is 22.2 Å². The number of rotatable bonds is 2.